The van der Waals surface area contributed by atoms with Crippen LogP contribution in [0.2, 0.25) is 0 Å². The van der Waals surface area contributed by atoms with Gasteiger partial charge in [-0.15, -0.1) is 0 Å². The molecule has 1 aromatic heterocycles. The Morgan fingerprint density at radius 3 is 2.71 bits per heavy atom. The van der Waals surface area contributed by atoms with Gasteiger partial charge in [-0.2, -0.15) is 13.2 Å². The molecule has 112 valence electrons. The zero-order valence-corrected chi connectivity index (χ0v) is 11.2. The number of carbonyl (C=O) groups excluding carboxylic acids is 1. The van der Waals surface area contributed by atoms with Crippen molar-refractivity contribution in [3.05, 3.63) is 30.6 Å². The van der Waals surface area contributed by atoms with E-state index in [4.69, 9.17) is 0 Å². The van der Waals surface area contributed by atoms with Gasteiger partial charge in [0.15, 0.2) is 0 Å². The van der Waals surface area contributed by atoms with Gasteiger partial charge < -0.3 is 9.47 Å². The van der Waals surface area contributed by atoms with E-state index in [1.54, 1.807) is 6.33 Å². The molecule has 0 atom stereocenters. The van der Waals surface area contributed by atoms with Crippen LogP contribution < -0.4 is 0 Å². The lowest BCUT2D eigenvalue weighted by atomic mass is 10.1. The predicted octanol–water partition coefficient (Wildman–Crippen LogP) is 2.76. The first-order valence-electron chi connectivity index (χ1n) is 6.70. The Morgan fingerprint density at radius 2 is 2.00 bits per heavy atom. The lowest BCUT2D eigenvalue weighted by Crippen LogP contribution is -2.50. The molecule has 21 heavy (non-hydrogen) atoms. The van der Waals surface area contributed by atoms with E-state index in [1.165, 1.54) is 4.90 Å². The fourth-order valence-corrected chi connectivity index (χ4v) is 2.51. The second-order valence-electron chi connectivity index (χ2n) is 5.21. The molecule has 1 aliphatic rings. The van der Waals surface area contributed by atoms with Crippen LogP contribution in [0.1, 0.15) is 18.9 Å². The summed E-state index contributed by atoms with van der Waals surface area (Å²) >= 11 is 0. The maximum Gasteiger partial charge on any atom is 0.389 e. The van der Waals surface area contributed by atoms with Crippen molar-refractivity contribution in [3.8, 4) is 0 Å². The molecule has 1 amide bonds. The number of rotatable bonds is 3. The van der Waals surface area contributed by atoms with Gasteiger partial charge in [0, 0.05) is 19.5 Å². The van der Waals surface area contributed by atoms with E-state index in [-0.39, 0.29) is 6.04 Å². The lowest BCUT2D eigenvalue weighted by Gasteiger charge is -2.40. The molecule has 2 aromatic rings. The molecule has 0 N–H and O–H groups in total. The van der Waals surface area contributed by atoms with Gasteiger partial charge in [-0.1, -0.05) is 12.1 Å². The number of benzene rings is 1. The molecule has 1 aromatic carbocycles. The largest absolute Gasteiger partial charge is 0.389 e. The van der Waals surface area contributed by atoms with Crippen molar-refractivity contribution in [2.45, 2.75) is 25.1 Å². The number of hydrogen-bond donors (Lipinski definition) is 0. The number of imidazole rings is 1. The number of likely N-dealkylation sites (tertiary alicyclic amines) is 1. The van der Waals surface area contributed by atoms with Gasteiger partial charge in [0.05, 0.1) is 29.8 Å². The smallest absolute Gasteiger partial charge is 0.338 e. The van der Waals surface area contributed by atoms with Crippen LogP contribution in [0.3, 0.4) is 0 Å². The summed E-state index contributed by atoms with van der Waals surface area (Å²) in [5.74, 6) is -0.437. The van der Waals surface area contributed by atoms with Crippen LogP contribution in [-0.2, 0) is 4.79 Å². The van der Waals surface area contributed by atoms with E-state index in [0.29, 0.717) is 13.1 Å². The van der Waals surface area contributed by atoms with Crippen LogP contribution in [0.5, 0.6) is 0 Å². The van der Waals surface area contributed by atoms with Crippen molar-refractivity contribution in [1.29, 1.82) is 0 Å². The molecule has 2 heterocycles. The molecule has 4 nitrogen and oxygen atoms in total. The van der Waals surface area contributed by atoms with Gasteiger partial charge in [-0.25, -0.2) is 4.98 Å². The first-order valence-corrected chi connectivity index (χ1v) is 6.70. The highest BCUT2D eigenvalue weighted by atomic mass is 19.4. The highest BCUT2D eigenvalue weighted by molar-refractivity contribution is 5.78. The molecular formula is C14H14F3N3O. The summed E-state index contributed by atoms with van der Waals surface area (Å²) in [6.07, 6.45) is -4.09. The molecule has 1 fully saturated rings. The molecular weight excluding hydrogens is 283 g/mol. The monoisotopic (exact) mass is 297 g/mol. The molecule has 1 saturated heterocycles. The van der Waals surface area contributed by atoms with E-state index >= 15 is 0 Å². The SMILES string of the molecule is O=C(CCC(F)(F)F)N1CC(n2cnc3ccccc32)C1. The van der Waals surface area contributed by atoms with Gasteiger partial charge in [0.1, 0.15) is 0 Å². The summed E-state index contributed by atoms with van der Waals surface area (Å²) in [6.45, 7) is 0.883. The van der Waals surface area contributed by atoms with E-state index in [1.807, 2.05) is 28.8 Å². The zero-order chi connectivity index (χ0) is 15.0. The van der Waals surface area contributed by atoms with E-state index in [0.717, 1.165) is 11.0 Å². The summed E-state index contributed by atoms with van der Waals surface area (Å²) in [6, 6.07) is 7.73. The highest BCUT2D eigenvalue weighted by Gasteiger charge is 2.35. The number of halogens is 3. The molecule has 1 aliphatic heterocycles. The summed E-state index contributed by atoms with van der Waals surface area (Å²) in [5, 5.41) is 0. The summed E-state index contributed by atoms with van der Waals surface area (Å²) < 4.78 is 38.3. The lowest BCUT2D eigenvalue weighted by molar-refractivity contribution is -0.152. The molecule has 0 unspecified atom stereocenters. The van der Waals surface area contributed by atoms with Crippen molar-refractivity contribution in [2.24, 2.45) is 0 Å². The molecule has 7 heteroatoms. The number of carbonyl (C=O) groups is 1. The van der Waals surface area contributed by atoms with Crippen LogP contribution in [0, 0.1) is 0 Å². The Labute approximate surface area is 119 Å². The second-order valence-corrected chi connectivity index (χ2v) is 5.21. The minimum Gasteiger partial charge on any atom is -0.338 e. The number of fused-ring (bicyclic) bond motifs is 1. The number of nitrogens with zero attached hydrogens (tertiary/aromatic N) is 3. The Morgan fingerprint density at radius 1 is 1.29 bits per heavy atom. The van der Waals surface area contributed by atoms with Crippen LogP contribution >= 0.6 is 0 Å². The van der Waals surface area contributed by atoms with Crippen LogP contribution in [0.15, 0.2) is 30.6 Å². The third kappa shape index (κ3) is 2.86. The number of amides is 1. The first kappa shape index (κ1) is 13.9. The Balaban J connectivity index is 1.59. The molecule has 0 saturated carbocycles. The molecule has 0 aliphatic carbocycles. The molecule has 0 spiro atoms. The van der Waals surface area contributed by atoms with Gasteiger partial charge in [0.25, 0.3) is 0 Å². The third-order valence-corrected chi connectivity index (χ3v) is 3.71. The summed E-state index contributed by atoms with van der Waals surface area (Å²) in [5.41, 5.74) is 1.85. The maximum absolute atomic E-state index is 12.1. The quantitative estimate of drug-likeness (QED) is 0.873. The van der Waals surface area contributed by atoms with Gasteiger partial charge in [0.2, 0.25) is 5.91 Å². The normalized spacial score (nSPS) is 16.2. The van der Waals surface area contributed by atoms with Crippen LogP contribution in [0.25, 0.3) is 11.0 Å². The van der Waals surface area contributed by atoms with Gasteiger partial charge in [-0.05, 0) is 12.1 Å². The van der Waals surface area contributed by atoms with Crippen molar-refractivity contribution in [1.82, 2.24) is 14.5 Å². The average molecular weight is 297 g/mol. The van der Waals surface area contributed by atoms with Gasteiger partial charge in [-0.3, -0.25) is 4.79 Å². The number of para-hydroxylation sites is 2. The minimum absolute atomic E-state index is 0.0900. The van der Waals surface area contributed by atoms with Crippen molar-refractivity contribution >= 4 is 16.9 Å². The third-order valence-electron chi connectivity index (χ3n) is 3.71. The zero-order valence-electron chi connectivity index (χ0n) is 11.2. The van der Waals surface area contributed by atoms with Crippen molar-refractivity contribution in [2.75, 3.05) is 13.1 Å². The fraction of sp³-hybridized carbons (Fsp3) is 0.429. The van der Waals surface area contributed by atoms with Crippen molar-refractivity contribution < 1.29 is 18.0 Å². The van der Waals surface area contributed by atoms with E-state index in [2.05, 4.69) is 4.98 Å². The number of alkyl halides is 3. The summed E-state index contributed by atoms with van der Waals surface area (Å²) in [7, 11) is 0. The van der Waals surface area contributed by atoms with Crippen molar-refractivity contribution in [3.63, 3.8) is 0 Å². The van der Waals surface area contributed by atoms with Crippen LogP contribution in [-0.4, -0.2) is 39.6 Å². The highest BCUT2D eigenvalue weighted by Crippen LogP contribution is 2.28. The summed E-state index contributed by atoms with van der Waals surface area (Å²) in [4.78, 5) is 17.4. The van der Waals surface area contributed by atoms with Gasteiger partial charge >= 0.3 is 6.18 Å². The molecule has 0 bridgehead atoms. The average Bonchev–Trinajstić information content (AvgIpc) is 2.78. The number of hydrogen-bond acceptors (Lipinski definition) is 2. The minimum atomic E-state index is -4.28. The first-order chi connectivity index (χ1) is 9.94. The predicted molar refractivity (Wildman–Crippen MR) is 70.6 cm³/mol. The topological polar surface area (TPSA) is 38.1 Å². The van der Waals surface area contributed by atoms with E-state index in [9.17, 15) is 18.0 Å². The fourth-order valence-electron chi connectivity index (χ4n) is 2.51. The molecule has 3 rings (SSSR count). The van der Waals surface area contributed by atoms with E-state index < -0.39 is 24.9 Å². The maximum atomic E-state index is 12.1. The Hall–Kier alpha value is -2.05. The Bertz CT molecular complexity index is 659. The second kappa shape index (κ2) is 5.05. The van der Waals surface area contributed by atoms with Crippen LogP contribution in [0.4, 0.5) is 13.2 Å². The number of aromatic nitrogens is 2. The molecule has 0 radical (unpaired) electrons. The standard InChI is InChI=1S/C14H14F3N3O/c15-14(16,17)6-5-13(21)19-7-10(8-19)20-9-18-11-3-1-2-4-12(11)20/h1-4,9-10H,5-8H2. The Kier molecular flexibility index (Phi) is 3.35.